The minimum Gasteiger partial charge on any atom is -0.497 e. The molecule has 2 amide bonds. The molecule has 0 bridgehead atoms. The van der Waals surface area contributed by atoms with E-state index in [0.717, 1.165) is 5.56 Å². The Bertz CT molecular complexity index is 1290. The second kappa shape index (κ2) is 8.68. The maximum Gasteiger partial charge on any atom is 0.412 e. The van der Waals surface area contributed by atoms with Gasteiger partial charge in [0, 0.05) is 37.3 Å². The number of rotatable bonds is 5. The fourth-order valence-corrected chi connectivity index (χ4v) is 2.97. The number of fused-ring (bicyclic) bond motifs is 1. The molecule has 0 aliphatic rings. The predicted octanol–water partition coefficient (Wildman–Crippen LogP) is 2.65. The number of amides is 2. The van der Waals surface area contributed by atoms with Gasteiger partial charge in [-0.15, -0.1) is 0 Å². The first-order valence-electron chi connectivity index (χ1n) is 9.42. The Hall–Kier alpha value is -4.54. The van der Waals surface area contributed by atoms with E-state index in [1.165, 1.54) is 18.2 Å². The van der Waals surface area contributed by atoms with Gasteiger partial charge in [-0.25, -0.2) is 24.7 Å². The van der Waals surface area contributed by atoms with Crippen LogP contribution in [0.5, 0.6) is 5.75 Å². The molecule has 4 aromatic heterocycles. The Labute approximate surface area is 182 Å². The Kier molecular flexibility index (Phi) is 5.62. The van der Waals surface area contributed by atoms with Crippen LogP contribution >= 0.6 is 0 Å². The van der Waals surface area contributed by atoms with Crippen LogP contribution in [0.25, 0.3) is 16.9 Å². The highest BCUT2D eigenvalue weighted by Crippen LogP contribution is 2.22. The number of carbonyl (C=O) groups excluding carboxylic acids is 2. The molecule has 0 saturated heterocycles. The van der Waals surface area contributed by atoms with E-state index < -0.39 is 6.09 Å². The van der Waals surface area contributed by atoms with Crippen LogP contribution in [0.1, 0.15) is 10.5 Å². The van der Waals surface area contributed by atoms with Crippen LogP contribution in [0.3, 0.4) is 0 Å². The smallest absolute Gasteiger partial charge is 0.412 e. The lowest BCUT2D eigenvalue weighted by atomic mass is 10.2. The summed E-state index contributed by atoms with van der Waals surface area (Å²) in [6.45, 7) is 0. The molecular formula is C21H19N7O4. The molecule has 4 rings (SSSR count). The molecule has 0 radical (unpaired) electrons. The molecule has 4 heterocycles. The van der Waals surface area contributed by atoms with Crippen molar-refractivity contribution in [3.05, 3.63) is 60.9 Å². The summed E-state index contributed by atoms with van der Waals surface area (Å²) in [7, 11) is 4.43. The number of imidazole rings is 1. The minimum atomic E-state index is -0.607. The SMILES string of the molecule is COC(=O)Nc1ccc(-c2cnc3cnc(C(=O)N(C)c4cc(OC)ccn4)cn23)cn1. The number of hydrogen-bond donors (Lipinski definition) is 1. The largest absolute Gasteiger partial charge is 0.497 e. The van der Waals surface area contributed by atoms with Gasteiger partial charge in [-0.05, 0) is 18.2 Å². The van der Waals surface area contributed by atoms with Gasteiger partial charge in [-0.2, -0.15) is 0 Å². The molecular weight excluding hydrogens is 414 g/mol. The first kappa shape index (κ1) is 20.7. The quantitative estimate of drug-likeness (QED) is 0.509. The first-order chi connectivity index (χ1) is 15.5. The zero-order chi connectivity index (χ0) is 22.7. The van der Waals surface area contributed by atoms with Crippen molar-refractivity contribution < 1.29 is 19.1 Å². The van der Waals surface area contributed by atoms with Crippen molar-refractivity contribution in [2.75, 3.05) is 31.5 Å². The van der Waals surface area contributed by atoms with Gasteiger partial charge in [0.05, 0.1) is 32.3 Å². The normalized spacial score (nSPS) is 10.6. The highest BCUT2D eigenvalue weighted by Gasteiger charge is 2.18. The fourth-order valence-electron chi connectivity index (χ4n) is 2.97. The lowest BCUT2D eigenvalue weighted by Gasteiger charge is -2.16. The zero-order valence-electron chi connectivity index (χ0n) is 17.5. The molecule has 1 N–H and O–H groups in total. The number of methoxy groups -OCH3 is 2. The summed E-state index contributed by atoms with van der Waals surface area (Å²) in [4.78, 5) is 42.7. The standard InChI is InChI=1S/C21H19N7O4/c1-27(18-8-14(31-2)6-7-22-18)20(29)15-12-28-16(10-25-19(28)11-23-15)13-4-5-17(24-9-13)26-21(30)32-3/h4-12H,1-3H3,(H,24,26,30). The molecule has 0 saturated carbocycles. The summed E-state index contributed by atoms with van der Waals surface area (Å²) in [5.41, 5.74) is 2.22. The Morgan fingerprint density at radius 1 is 1.03 bits per heavy atom. The number of anilines is 2. The third kappa shape index (κ3) is 4.03. The van der Waals surface area contributed by atoms with Crippen LogP contribution in [-0.2, 0) is 4.74 Å². The average Bonchev–Trinajstić information content (AvgIpc) is 3.26. The Morgan fingerprint density at radius 3 is 2.59 bits per heavy atom. The highest BCUT2D eigenvalue weighted by molar-refractivity contribution is 6.03. The molecule has 0 aliphatic heterocycles. The van der Waals surface area contributed by atoms with E-state index in [2.05, 4.69) is 30.0 Å². The molecule has 0 aliphatic carbocycles. The van der Waals surface area contributed by atoms with Gasteiger partial charge in [0.2, 0.25) is 0 Å². The van der Waals surface area contributed by atoms with E-state index in [9.17, 15) is 9.59 Å². The van der Waals surface area contributed by atoms with Gasteiger partial charge in [0.25, 0.3) is 5.91 Å². The van der Waals surface area contributed by atoms with Crippen molar-refractivity contribution in [1.29, 1.82) is 0 Å². The van der Waals surface area contributed by atoms with Crippen molar-refractivity contribution in [1.82, 2.24) is 24.3 Å². The Balaban J connectivity index is 1.64. The van der Waals surface area contributed by atoms with Crippen LogP contribution in [0.4, 0.5) is 16.4 Å². The van der Waals surface area contributed by atoms with Gasteiger partial charge < -0.3 is 9.47 Å². The topological polar surface area (TPSA) is 124 Å². The van der Waals surface area contributed by atoms with Gasteiger partial charge >= 0.3 is 6.09 Å². The van der Waals surface area contributed by atoms with Crippen molar-refractivity contribution >= 4 is 29.3 Å². The maximum atomic E-state index is 13.0. The second-order valence-corrected chi connectivity index (χ2v) is 6.61. The highest BCUT2D eigenvalue weighted by atomic mass is 16.5. The molecule has 11 heteroatoms. The second-order valence-electron chi connectivity index (χ2n) is 6.61. The van der Waals surface area contributed by atoms with Gasteiger partial charge in [-0.3, -0.25) is 19.4 Å². The van der Waals surface area contributed by atoms with Crippen LogP contribution in [0.2, 0.25) is 0 Å². The summed E-state index contributed by atoms with van der Waals surface area (Å²) < 4.78 is 11.5. The number of ether oxygens (including phenoxy) is 2. The molecule has 4 aromatic rings. The fraction of sp³-hybridized carbons (Fsp3) is 0.143. The molecule has 0 atom stereocenters. The van der Waals surface area contributed by atoms with Gasteiger partial charge in [-0.1, -0.05) is 0 Å². The van der Waals surface area contributed by atoms with Crippen molar-refractivity contribution in [3.63, 3.8) is 0 Å². The summed E-state index contributed by atoms with van der Waals surface area (Å²) in [5, 5.41) is 2.49. The minimum absolute atomic E-state index is 0.209. The molecule has 0 spiro atoms. The van der Waals surface area contributed by atoms with Crippen LogP contribution in [0, 0.1) is 0 Å². The van der Waals surface area contributed by atoms with E-state index in [0.29, 0.717) is 28.7 Å². The first-order valence-corrected chi connectivity index (χ1v) is 9.42. The number of aromatic nitrogens is 5. The number of hydrogen-bond acceptors (Lipinski definition) is 8. The summed E-state index contributed by atoms with van der Waals surface area (Å²) in [6.07, 6.45) is 7.32. The van der Waals surface area contributed by atoms with Crippen LogP contribution < -0.4 is 15.0 Å². The van der Waals surface area contributed by atoms with Crippen LogP contribution in [-0.4, -0.2) is 57.6 Å². The van der Waals surface area contributed by atoms with Crippen molar-refractivity contribution in [2.24, 2.45) is 0 Å². The van der Waals surface area contributed by atoms with Gasteiger partial charge in [0.1, 0.15) is 23.1 Å². The Morgan fingerprint density at radius 2 is 1.88 bits per heavy atom. The molecule has 11 nitrogen and oxygen atoms in total. The summed E-state index contributed by atoms with van der Waals surface area (Å²) >= 11 is 0. The summed E-state index contributed by atoms with van der Waals surface area (Å²) in [6, 6.07) is 6.77. The van der Waals surface area contributed by atoms with Crippen molar-refractivity contribution in [3.8, 4) is 17.0 Å². The van der Waals surface area contributed by atoms with Crippen LogP contribution in [0.15, 0.2) is 55.2 Å². The third-order valence-electron chi connectivity index (χ3n) is 4.69. The number of carbonyl (C=O) groups is 2. The van der Waals surface area contributed by atoms with Gasteiger partial charge in [0.15, 0.2) is 5.65 Å². The number of pyridine rings is 2. The molecule has 0 fully saturated rings. The lowest BCUT2D eigenvalue weighted by Crippen LogP contribution is -2.28. The molecule has 0 unspecified atom stereocenters. The molecule has 162 valence electrons. The van der Waals surface area contributed by atoms with E-state index in [4.69, 9.17) is 4.74 Å². The van der Waals surface area contributed by atoms with E-state index in [1.54, 1.807) is 67.6 Å². The van der Waals surface area contributed by atoms with E-state index in [1.807, 2.05) is 0 Å². The monoisotopic (exact) mass is 433 g/mol. The number of nitrogens with one attached hydrogen (secondary N) is 1. The molecule has 0 aromatic carbocycles. The van der Waals surface area contributed by atoms with E-state index in [-0.39, 0.29) is 11.6 Å². The van der Waals surface area contributed by atoms with E-state index >= 15 is 0 Å². The lowest BCUT2D eigenvalue weighted by molar-refractivity contribution is 0.0987. The maximum absolute atomic E-state index is 13.0. The number of nitrogens with zero attached hydrogens (tertiary/aromatic N) is 6. The average molecular weight is 433 g/mol. The zero-order valence-corrected chi connectivity index (χ0v) is 17.5. The molecule has 32 heavy (non-hydrogen) atoms. The summed E-state index contributed by atoms with van der Waals surface area (Å²) in [5.74, 6) is 1.02. The predicted molar refractivity (Wildman–Crippen MR) is 116 cm³/mol. The van der Waals surface area contributed by atoms with Crippen molar-refractivity contribution in [2.45, 2.75) is 0 Å². The third-order valence-corrected chi connectivity index (χ3v) is 4.69.